The molecule has 0 saturated carbocycles. The molecule has 0 saturated heterocycles. The van der Waals surface area contributed by atoms with Gasteiger partial charge in [0.2, 0.25) is 0 Å². The van der Waals surface area contributed by atoms with Gasteiger partial charge in [-0.3, -0.25) is 0 Å². The predicted octanol–water partition coefficient (Wildman–Crippen LogP) is 3.83. The normalized spacial score (nSPS) is 13.5. The quantitative estimate of drug-likeness (QED) is 0.918. The standard InChI is InChI=1S/C14H13F3O2/c1-2-19-10-7-6-9-4-3-5-11(12(9)8-10)13(18)14(15,16)17/h3-8,13,18H,2H2,1H3. The van der Waals surface area contributed by atoms with E-state index in [1.165, 1.54) is 18.2 Å². The summed E-state index contributed by atoms with van der Waals surface area (Å²) in [7, 11) is 0. The van der Waals surface area contributed by atoms with E-state index in [1.807, 2.05) is 0 Å². The van der Waals surface area contributed by atoms with Gasteiger partial charge in [-0.1, -0.05) is 24.3 Å². The maximum atomic E-state index is 12.6. The number of hydrogen-bond acceptors (Lipinski definition) is 2. The lowest BCUT2D eigenvalue weighted by atomic mass is 10.00. The second-order valence-corrected chi connectivity index (χ2v) is 4.11. The van der Waals surface area contributed by atoms with Crippen LogP contribution in [0.4, 0.5) is 13.2 Å². The summed E-state index contributed by atoms with van der Waals surface area (Å²) >= 11 is 0. The van der Waals surface area contributed by atoms with Crippen molar-refractivity contribution in [2.75, 3.05) is 6.61 Å². The number of aliphatic hydroxyl groups is 1. The van der Waals surface area contributed by atoms with E-state index in [9.17, 15) is 18.3 Å². The Kier molecular flexibility index (Phi) is 3.66. The fourth-order valence-electron chi connectivity index (χ4n) is 1.95. The summed E-state index contributed by atoms with van der Waals surface area (Å²) < 4.78 is 43.2. The summed E-state index contributed by atoms with van der Waals surface area (Å²) in [6.45, 7) is 2.22. The molecule has 0 amide bonds. The maximum absolute atomic E-state index is 12.6. The van der Waals surface area contributed by atoms with Crippen LogP contribution in [0.3, 0.4) is 0 Å². The van der Waals surface area contributed by atoms with E-state index >= 15 is 0 Å². The summed E-state index contributed by atoms with van der Waals surface area (Å²) in [5.41, 5.74) is -0.161. The van der Waals surface area contributed by atoms with Crippen LogP contribution >= 0.6 is 0 Å². The van der Waals surface area contributed by atoms with Crippen LogP contribution in [0.25, 0.3) is 10.8 Å². The molecule has 2 rings (SSSR count). The molecule has 0 heterocycles. The molecule has 0 aliphatic heterocycles. The second-order valence-electron chi connectivity index (χ2n) is 4.11. The number of fused-ring (bicyclic) bond motifs is 1. The van der Waals surface area contributed by atoms with Gasteiger partial charge in [-0.25, -0.2) is 0 Å². The molecule has 0 bridgehead atoms. The number of benzene rings is 2. The van der Waals surface area contributed by atoms with Crippen molar-refractivity contribution in [2.24, 2.45) is 0 Å². The van der Waals surface area contributed by atoms with Gasteiger partial charge in [0.25, 0.3) is 0 Å². The summed E-state index contributed by atoms with van der Waals surface area (Å²) in [6, 6.07) is 9.34. The first kappa shape index (κ1) is 13.7. The number of ether oxygens (including phenoxy) is 1. The topological polar surface area (TPSA) is 29.5 Å². The first-order chi connectivity index (χ1) is 8.93. The zero-order valence-corrected chi connectivity index (χ0v) is 10.2. The Morgan fingerprint density at radius 2 is 1.95 bits per heavy atom. The molecular formula is C14H13F3O2. The summed E-state index contributed by atoms with van der Waals surface area (Å²) in [4.78, 5) is 0. The van der Waals surface area contributed by atoms with Crippen molar-refractivity contribution in [3.63, 3.8) is 0 Å². The molecule has 1 atom stereocenters. The smallest absolute Gasteiger partial charge is 0.418 e. The van der Waals surface area contributed by atoms with Gasteiger partial charge in [-0.15, -0.1) is 0 Å². The lowest BCUT2D eigenvalue weighted by Crippen LogP contribution is -2.20. The molecular weight excluding hydrogens is 257 g/mol. The van der Waals surface area contributed by atoms with Gasteiger partial charge in [0.05, 0.1) is 6.61 Å². The first-order valence-corrected chi connectivity index (χ1v) is 5.83. The molecule has 5 heteroatoms. The van der Waals surface area contributed by atoms with Gasteiger partial charge in [0, 0.05) is 0 Å². The summed E-state index contributed by atoms with van der Waals surface area (Å²) in [5, 5.41) is 10.4. The number of alkyl halides is 3. The third-order valence-electron chi connectivity index (χ3n) is 2.80. The van der Waals surface area contributed by atoms with Crippen LogP contribution in [0, 0.1) is 0 Å². The molecule has 102 valence electrons. The van der Waals surface area contributed by atoms with Crippen LogP contribution < -0.4 is 4.74 Å². The van der Waals surface area contributed by atoms with E-state index in [2.05, 4.69) is 0 Å². The van der Waals surface area contributed by atoms with E-state index in [0.717, 1.165) is 0 Å². The van der Waals surface area contributed by atoms with Crippen molar-refractivity contribution < 1.29 is 23.0 Å². The van der Waals surface area contributed by atoms with Crippen molar-refractivity contribution in [1.29, 1.82) is 0 Å². The monoisotopic (exact) mass is 270 g/mol. The van der Waals surface area contributed by atoms with Crippen LogP contribution in [-0.2, 0) is 0 Å². The van der Waals surface area contributed by atoms with Gasteiger partial charge in [0.15, 0.2) is 6.10 Å². The molecule has 0 fully saturated rings. The van der Waals surface area contributed by atoms with Crippen molar-refractivity contribution in [2.45, 2.75) is 19.2 Å². The molecule has 2 aromatic carbocycles. The van der Waals surface area contributed by atoms with Crippen LogP contribution in [0.1, 0.15) is 18.6 Å². The zero-order chi connectivity index (χ0) is 14.0. The van der Waals surface area contributed by atoms with Gasteiger partial charge < -0.3 is 9.84 Å². The van der Waals surface area contributed by atoms with Gasteiger partial charge in [-0.2, -0.15) is 13.2 Å². The molecule has 0 aliphatic rings. The van der Waals surface area contributed by atoms with Crippen LogP contribution in [0.2, 0.25) is 0 Å². The Morgan fingerprint density at radius 3 is 2.58 bits per heavy atom. The minimum Gasteiger partial charge on any atom is -0.494 e. The highest BCUT2D eigenvalue weighted by molar-refractivity contribution is 5.87. The van der Waals surface area contributed by atoms with Crippen LogP contribution in [0.5, 0.6) is 5.75 Å². The fraction of sp³-hybridized carbons (Fsp3) is 0.286. The van der Waals surface area contributed by atoms with Crippen molar-refractivity contribution >= 4 is 10.8 Å². The lowest BCUT2D eigenvalue weighted by molar-refractivity contribution is -0.206. The van der Waals surface area contributed by atoms with Crippen molar-refractivity contribution in [3.05, 3.63) is 42.0 Å². The number of hydrogen-bond donors (Lipinski definition) is 1. The minimum absolute atomic E-state index is 0.161. The van der Waals surface area contributed by atoms with Crippen LogP contribution in [0.15, 0.2) is 36.4 Å². The average molecular weight is 270 g/mol. The van der Waals surface area contributed by atoms with E-state index in [1.54, 1.807) is 25.1 Å². The summed E-state index contributed by atoms with van der Waals surface area (Å²) in [6.07, 6.45) is -7.18. The first-order valence-electron chi connectivity index (χ1n) is 5.83. The Labute approximate surface area is 108 Å². The molecule has 0 aliphatic carbocycles. The van der Waals surface area contributed by atoms with E-state index in [0.29, 0.717) is 23.1 Å². The Balaban J connectivity index is 2.57. The zero-order valence-electron chi connectivity index (χ0n) is 10.2. The number of rotatable bonds is 3. The van der Waals surface area contributed by atoms with Crippen LogP contribution in [-0.4, -0.2) is 17.9 Å². The van der Waals surface area contributed by atoms with Gasteiger partial charge >= 0.3 is 6.18 Å². The van der Waals surface area contributed by atoms with E-state index < -0.39 is 12.3 Å². The molecule has 0 aromatic heterocycles. The molecule has 19 heavy (non-hydrogen) atoms. The Hall–Kier alpha value is -1.75. The molecule has 2 aromatic rings. The Morgan fingerprint density at radius 1 is 1.21 bits per heavy atom. The van der Waals surface area contributed by atoms with E-state index in [4.69, 9.17) is 4.74 Å². The minimum atomic E-state index is -4.68. The summed E-state index contributed by atoms with van der Waals surface area (Å²) in [5.74, 6) is 0.483. The average Bonchev–Trinajstić information content (AvgIpc) is 2.36. The molecule has 0 radical (unpaired) electrons. The maximum Gasteiger partial charge on any atom is 0.418 e. The molecule has 2 nitrogen and oxygen atoms in total. The third kappa shape index (κ3) is 2.81. The molecule has 1 unspecified atom stereocenters. The van der Waals surface area contributed by atoms with Gasteiger partial charge in [0.1, 0.15) is 5.75 Å². The van der Waals surface area contributed by atoms with Gasteiger partial charge in [-0.05, 0) is 35.4 Å². The second kappa shape index (κ2) is 5.09. The molecule has 1 N–H and O–H groups in total. The highest BCUT2D eigenvalue weighted by Gasteiger charge is 2.40. The predicted molar refractivity (Wildman–Crippen MR) is 66.1 cm³/mol. The molecule has 0 spiro atoms. The lowest BCUT2D eigenvalue weighted by Gasteiger charge is -2.17. The van der Waals surface area contributed by atoms with Crippen molar-refractivity contribution in [1.82, 2.24) is 0 Å². The third-order valence-corrected chi connectivity index (χ3v) is 2.80. The highest BCUT2D eigenvalue weighted by atomic mass is 19.4. The van der Waals surface area contributed by atoms with E-state index in [-0.39, 0.29) is 5.56 Å². The largest absolute Gasteiger partial charge is 0.494 e. The van der Waals surface area contributed by atoms with Crippen molar-refractivity contribution in [3.8, 4) is 5.75 Å². The highest BCUT2D eigenvalue weighted by Crippen LogP contribution is 2.36. The number of halogens is 3. The SMILES string of the molecule is CCOc1ccc2cccc(C(O)C(F)(F)F)c2c1. The Bertz CT molecular complexity index is 578. The number of aliphatic hydroxyl groups excluding tert-OH is 1. The fourth-order valence-corrected chi connectivity index (χ4v) is 1.95.